The van der Waals surface area contributed by atoms with Crippen LogP contribution in [0.1, 0.15) is 0 Å². The van der Waals surface area contributed by atoms with Gasteiger partial charge in [0.15, 0.2) is 17.5 Å². The predicted molar refractivity (Wildman–Crippen MR) is 101 cm³/mol. The number of rotatable bonds is 6. The van der Waals surface area contributed by atoms with E-state index in [4.69, 9.17) is 0 Å². The van der Waals surface area contributed by atoms with Crippen LogP contribution in [0.15, 0.2) is 70.5 Å². The molecule has 3 aromatic carbocycles. The molecule has 0 atom stereocenters. The van der Waals surface area contributed by atoms with E-state index in [9.17, 15) is 34.4 Å². The first-order valence-electron chi connectivity index (χ1n) is 8.05. The molecule has 2 N–H and O–H groups in total. The highest BCUT2D eigenvalue weighted by Gasteiger charge is 2.25. The smallest absolute Gasteiger partial charge is 0.265 e. The van der Waals surface area contributed by atoms with E-state index in [1.807, 2.05) is 4.72 Å². The van der Waals surface area contributed by atoms with Gasteiger partial charge in [-0.3, -0.25) is 9.44 Å². The summed E-state index contributed by atoms with van der Waals surface area (Å²) >= 11 is 0. The van der Waals surface area contributed by atoms with Crippen LogP contribution in [-0.2, 0) is 20.0 Å². The molecule has 3 rings (SSSR count). The third kappa shape index (κ3) is 4.39. The highest BCUT2D eigenvalue weighted by Crippen LogP contribution is 2.28. The summed E-state index contributed by atoms with van der Waals surface area (Å²) in [5.41, 5.74) is -0.555. The lowest BCUT2D eigenvalue weighted by Crippen LogP contribution is -2.19. The molecule has 0 amide bonds. The van der Waals surface area contributed by atoms with E-state index in [1.165, 1.54) is 18.2 Å². The third-order valence-corrected chi connectivity index (χ3v) is 6.59. The van der Waals surface area contributed by atoms with Crippen molar-refractivity contribution in [3.8, 4) is 0 Å². The molecule has 0 fully saturated rings. The summed E-state index contributed by atoms with van der Waals surface area (Å²) in [6.07, 6.45) is 0. The van der Waals surface area contributed by atoms with Gasteiger partial charge in [0, 0.05) is 0 Å². The summed E-state index contributed by atoms with van der Waals surface area (Å²) in [6.45, 7) is 0. The van der Waals surface area contributed by atoms with Gasteiger partial charge in [-0.15, -0.1) is 0 Å². The molecule has 158 valence electrons. The van der Waals surface area contributed by atoms with E-state index in [1.54, 1.807) is 0 Å². The van der Waals surface area contributed by atoms with Gasteiger partial charge in [-0.1, -0.05) is 12.1 Å². The van der Waals surface area contributed by atoms with Crippen molar-refractivity contribution in [3.63, 3.8) is 0 Å². The lowest BCUT2D eigenvalue weighted by atomic mass is 10.3. The van der Waals surface area contributed by atoms with Crippen molar-refractivity contribution in [2.24, 2.45) is 0 Å². The molecular weight excluding hydrogens is 448 g/mol. The fourth-order valence-electron chi connectivity index (χ4n) is 2.39. The monoisotopic (exact) mass is 460 g/mol. The molecule has 0 saturated heterocycles. The number of halogens is 4. The molecule has 12 heteroatoms. The zero-order valence-electron chi connectivity index (χ0n) is 14.7. The summed E-state index contributed by atoms with van der Waals surface area (Å²) in [7, 11) is -8.98. The molecule has 0 spiro atoms. The second kappa shape index (κ2) is 7.95. The van der Waals surface area contributed by atoms with Gasteiger partial charge in [0.2, 0.25) is 0 Å². The van der Waals surface area contributed by atoms with E-state index in [0.717, 1.165) is 30.3 Å². The Labute approximate surface area is 169 Å². The normalized spacial score (nSPS) is 11.9. The molecule has 0 bridgehead atoms. The largest absolute Gasteiger partial charge is 0.277 e. The Hall–Kier alpha value is -3.12. The Bertz CT molecular complexity index is 1310. The van der Waals surface area contributed by atoms with Crippen molar-refractivity contribution in [2.45, 2.75) is 9.79 Å². The van der Waals surface area contributed by atoms with Gasteiger partial charge in [-0.25, -0.2) is 34.4 Å². The summed E-state index contributed by atoms with van der Waals surface area (Å²) in [5, 5.41) is 0. The van der Waals surface area contributed by atoms with Gasteiger partial charge >= 0.3 is 0 Å². The van der Waals surface area contributed by atoms with Crippen molar-refractivity contribution < 1.29 is 34.4 Å². The first-order chi connectivity index (χ1) is 14.0. The van der Waals surface area contributed by atoms with Crippen molar-refractivity contribution in [2.75, 3.05) is 9.44 Å². The van der Waals surface area contributed by atoms with Crippen LogP contribution in [0.25, 0.3) is 0 Å². The van der Waals surface area contributed by atoms with Crippen LogP contribution >= 0.6 is 0 Å². The van der Waals surface area contributed by atoms with Crippen LogP contribution in [0.2, 0.25) is 0 Å². The van der Waals surface area contributed by atoms with Gasteiger partial charge in [-0.05, 0) is 48.5 Å². The second-order valence-electron chi connectivity index (χ2n) is 5.88. The number of anilines is 2. The average Bonchev–Trinajstić information content (AvgIpc) is 2.67. The van der Waals surface area contributed by atoms with Crippen LogP contribution in [0, 0.1) is 23.3 Å². The molecule has 0 aliphatic carbocycles. The van der Waals surface area contributed by atoms with E-state index in [2.05, 4.69) is 4.72 Å². The van der Waals surface area contributed by atoms with Gasteiger partial charge < -0.3 is 0 Å². The average molecular weight is 460 g/mol. The lowest BCUT2D eigenvalue weighted by Gasteiger charge is -2.15. The van der Waals surface area contributed by atoms with Crippen molar-refractivity contribution >= 4 is 31.4 Å². The summed E-state index contributed by atoms with van der Waals surface area (Å²) in [6, 6.07) is 9.94. The van der Waals surface area contributed by atoms with Gasteiger partial charge in [-0.2, -0.15) is 0 Å². The molecule has 0 aliphatic heterocycles. The summed E-state index contributed by atoms with van der Waals surface area (Å²) < 4.78 is 107. The Morgan fingerprint density at radius 1 is 0.600 bits per heavy atom. The van der Waals surface area contributed by atoms with E-state index < -0.39 is 48.2 Å². The number of nitrogens with one attached hydrogen (secondary N) is 2. The number of para-hydroxylation sites is 2. The highest BCUT2D eigenvalue weighted by atomic mass is 32.2. The first kappa shape index (κ1) is 21.6. The van der Waals surface area contributed by atoms with Gasteiger partial charge in [0.05, 0.1) is 16.3 Å². The van der Waals surface area contributed by atoms with Crippen molar-refractivity contribution in [1.82, 2.24) is 0 Å². The van der Waals surface area contributed by atoms with Crippen molar-refractivity contribution in [3.05, 3.63) is 83.9 Å². The number of benzene rings is 3. The Balaban J connectivity index is 1.96. The number of hydrogen-bond donors (Lipinski definition) is 2. The Kier molecular flexibility index (Phi) is 5.72. The van der Waals surface area contributed by atoms with Gasteiger partial charge in [0.1, 0.15) is 10.7 Å². The minimum Gasteiger partial charge on any atom is -0.277 e. The van der Waals surface area contributed by atoms with Gasteiger partial charge in [0.25, 0.3) is 20.0 Å². The molecule has 6 nitrogen and oxygen atoms in total. The van der Waals surface area contributed by atoms with Crippen LogP contribution < -0.4 is 9.44 Å². The zero-order valence-corrected chi connectivity index (χ0v) is 16.4. The molecule has 0 heterocycles. The predicted octanol–water partition coefficient (Wildman–Crippen LogP) is 3.84. The first-order valence-corrected chi connectivity index (χ1v) is 11.0. The zero-order chi connectivity index (χ0) is 22.1. The van der Waals surface area contributed by atoms with E-state index in [-0.39, 0.29) is 16.3 Å². The number of hydrogen-bond acceptors (Lipinski definition) is 4. The fraction of sp³-hybridized carbons (Fsp3) is 0. The molecule has 0 unspecified atom stereocenters. The van der Waals surface area contributed by atoms with Crippen LogP contribution in [-0.4, -0.2) is 16.8 Å². The SMILES string of the molecule is O=S(=O)(Nc1ccccc1NS(=O)(=O)c1ccc(F)c(F)c1F)c1ccc(F)cc1. The standard InChI is InChI=1S/C18H12F4N2O4S2/c19-11-5-7-12(8-6-11)29(25,26)23-14-3-1-2-4-15(14)24-30(27,28)16-10-9-13(20)17(21)18(16)22/h1-10,23-24H. The fourth-order valence-corrected chi connectivity index (χ4v) is 4.62. The highest BCUT2D eigenvalue weighted by molar-refractivity contribution is 7.93. The molecular formula is C18H12F4N2O4S2. The maximum Gasteiger partial charge on any atom is 0.265 e. The molecule has 30 heavy (non-hydrogen) atoms. The Morgan fingerprint density at radius 3 is 1.70 bits per heavy atom. The third-order valence-electron chi connectivity index (χ3n) is 3.83. The summed E-state index contributed by atoms with van der Waals surface area (Å²) in [5.74, 6) is -6.12. The maximum atomic E-state index is 13.9. The summed E-state index contributed by atoms with van der Waals surface area (Å²) in [4.78, 5) is -1.47. The lowest BCUT2D eigenvalue weighted by molar-refractivity contribution is 0.432. The molecule has 0 saturated carbocycles. The Morgan fingerprint density at radius 2 is 1.13 bits per heavy atom. The number of sulfonamides is 2. The maximum absolute atomic E-state index is 13.9. The van der Waals surface area contributed by atoms with Crippen LogP contribution in [0.3, 0.4) is 0 Å². The minimum absolute atomic E-state index is 0.242. The minimum atomic E-state index is -4.75. The second-order valence-corrected chi connectivity index (χ2v) is 9.22. The van der Waals surface area contributed by atoms with Crippen LogP contribution in [0.5, 0.6) is 0 Å². The molecule has 0 radical (unpaired) electrons. The molecule has 0 aromatic heterocycles. The van der Waals surface area contributed by atoms with E-state index in [0.29, 0.717) is 12.1 Å². The molecule has 3 aromatic rings. The molecule has 0 aliphatic rings. The van der Waals surface area contributed by atoms with Crippen molar-refractivity contribution in [1.29, 1.82) is 0 Å². The van der Waals surface area contributed by atoms with E-state index >= 15 is 0 Å². The quantitative estimate of drug-likeness (QED) is 0.432. The van der Waals surface area contributed by atoms with Crippen LogP contribution in [0.4, 0.5) is 28.9 Å². The topological polar surface area (TPSA) is 92.3 Å².